The third kappa shape index (κ3) is 5.72. The van der Waals surface area contributed by atoms with Crippen molar-refractivity contribution in [1.29, 1.82) is 0 Å². The first-order chi connectivity index (χ1) is 14.5. The maximum atomic E-state index is 12.3. The third-order valence-corrected chi connectivity index (χ3v) is 6.06. The van der Waals surface area contributed by atoms with Gasteiger partial charge in [-0.25, -0.2) is 0 Å². The molecule has 0 aliphatic heterocycles. The van der Waals surface area contributed by atoms with Crippen molar-refractivity contribution in [2.75, 3.05) is 24.7 Å². The first kappa shape index (κ1) is 22.5. The highest BCUT2D eigenvalue weighted by Crippen LogP contribution is 2.35. The smallest absolute Gasteiger partial charge is 0.315 e. The number of thioether (sulfide) groups is 1. The van der Waals surface area contributed by atoms with Crippen molar-refractivity contribution in [2.45, 2.75) is 12.8 Å². The average molecular weight is 465 g/mol. The zero-order chi connectivity index (χ0) is 21.5. The van der Waals surface area contributed by atoms with E-state index in [4.69, 9.17) is 27.9 Å². The van der Waals surface area contributed by atoms with Gasteiger partial charge in [0, 0.05) is 39.6 Å². The number of esters is 1. The van der Waals surface area contributed by atoms with Crippen molar-refractivity contribution in [3.05, 3.63) is 69.8 Å². The van der Waals surface area contributed by atoms with Crippen LogP contribution in [0.1, 0.15) is 24.0 Å². The Morgan fingerprint density at radius 2 is 1.93 bits per heavy atom. The Morgan fingerprint density at radius 1 is 1.13 bits per heavy atom. The molecule has 0 radical (unpaired) electrons. The normalized spacial score (nSPS) is 12.0. The van der Waals surface area contributed by atoms with E-state index in [1.807, 2.05) is 36.5 Å². The Labute approximate surface area is 189 Å². The van der Waals surface area contributed by atoms with E-state index < -0.39 is 0 Å². The average Bonchev–Trinajstić information content (AvgIpc) is 3.14. The zero-order valence-corrected chi connectivity index (χ0v) is 18.7. The van der Waals surface area contributed by atoms with Gasteiger partial charge in [0.25, 0.3) is 0 Å². The number of hydrogen-bond donors (Lipinski definition) is 2. The quantitative estimate of drug-likeness (QED) is 0.436. The van der Waals surface area contributed by atoms with Crippen molar-refractivity contribution in [2.24, 2.45) is 0 Å². The van der Waals surface area contributed by atoms with Gasteiger partial charge in [-0.15, -0.1) is 11.8 Å². The molecule has 3 rings (SSSR count). The SMILES string of the molecule is CCOC(=O)CSCC(=O)NCC(c1ccc(Cl)cc1Cl)c1c[nH]c2ccccc12. The van der Waals surface area contributed by atoms with Crippen LogP contribution >= 0.6 is 35.0 Å². The number of aromatic nitrogens is 1. The van der Waals surface area contributed by atoms with Gasteiger partial charge in [-0.3, -0.25) is 9.59 Å². The second-order valence-corrected chi connectivity index (χ2v) is 8.44. The van der Waals surface area contributed by atoms with Gasteiger partial charge < -0.3 is 15.0 Å². The van der Waals surface area contributed by atoms with Crippen LogP contribution in [0.5, 0.6) is 0 Å². The van der Waals surface area contributed by atoms with Crippen molar-refractivity contribution in [1.82, 2.24) is 10.3 Å². The Morgan fingerprint density at radius 3 is 2.70 bits per heavy atom. The summed E-state index contributed by atoms with van der Waals surface area (Å²) in [7, 11) is 0. The molecule has 0 saturated carbocycles. The number of carbonyl (C=O) groups is 2. The van der Waals surface area contributed by atoms with E-state index in [1.165, 1.54) is 11.8 Å². The number of aromatic amines is 1. The maximum Gasteiger partial charge on any atom is 0.315 e. The highest BCUT2D eigenvalue weighted by molar-refractivity contribution is 8.00. The minimum absolute atomic E-state index is 0.149. The minimum Gasteiger partial charge on any atom is -0.465 e. The first-order valence-corrected chi connectivity index (χ1v) is 11.4. The summed E-state index contributed by atoms with van der Waals surface area (Å²) in [5.41, 5.74) is 2.93. The number of carbonyl (C=O) groups excluding carboxylic acids is 2. The predicted molar refractivity (Wildman–Crippen MR) is 124 cm³/mol. The fraction of sp³-hybridized carbons (Fsp3) is 0.273. The lowest BCUT2D eigenvalue weighted by Crippen LogP contribution is -2.30. The van der Waals surface area contributed by atoms with Gasteiger partial charge in [0.1, 0.15) is 0 Å². The summed E-state index contributed by atoms with van der Waals surface area (Å²) in [5, 5.41) is 5.13. The van der Waals surface area contributed by atoms with Crippen LogP contribution in [0.2, 0.25) is 10.0 Å². The predicted octanol–water partition coefficient (Wildman–Crippen LogP) is 5.02. The van der Waals surface area contributed by atoms with Crippen molar-refractivity contribution in [3.8, 4) is 0 Å². The molecule has 8 heteroatoms. The van der Waals surface area contributed by atoms with Crippen LogP contribution in [0.4, 0.5) is 0 Å². The third-order valence-electron chi connectivity index (χ3n) is 4.60. The van der Waals surface area contributed by atoms with Gasteiger partial charge in [0.2, 0.25) is 5.91 Å². The Kier molecular flexibility index (Phi) is 8.08. The van der Waals surface area contributed by atoms with Gasteiger partial charge >= 0.3 is 5.97 Å². The highest BCUT2D eigenvalue weighted by Gasteiger charge is 2.21. The second-order valence-electron chi connectivity index (χ2n) is 6.61. The Bertz CT molecular complexity index is 1040. The highest BCUT2D eigenvalue weighted by atomic mass is 35.5. The summed E-state index contributed by atoms with van der Waals surface area (Å²) < 4.78 is 4.87. The van der Waals surface area contributed by atoms with E-state index in [2.05, 4.69) is 10.3 Å². The monoisotopic (exact) mass is 464 g/mol. The molecule has 1 aromatic heterocycles. The number of fused-ring (bicyclic) bond motifs is 1. The fourth-order valence-corrected chi connectivity index (χ4v) is 4.43. The summed E-state index contributed by atoms with van der Waals surface area (Å²) in [6.45, 7) is 2.45. The Hall–Kier alpha value is -2.15. The molecule has 1 heterocycles. The lowest BCUT2D eigenvalue weighted by Gasteiger charge is -2.19. The van der Waals surface area contributed by atoms with E-state index in [-0.39, 0.29) is 29.3 Å². The minimum atomic E-state index is -0.320. The second kappa shape index (κ2) is 10.8. The number of benzene rings is 2. The number of amides is 1. The fourth-order valence-electron chi connectivity index (χ4n) is 3.25. The molecule has 5 nitrogen and oxygen atoms in total. The lowest BCUT2D eigenvalue weighted by molar-refractivity contribution is -0.139. The standard InChI is InChI=1S/C22H22Cl2N2O3S/c1-2-29-22(28)13-30-12-21(27)26-11-17(15-8-7-14(23)9-19(15)24)18-10-25-20-6-4-3-5-16(18)20/h3-10,17,25H,2,11-13H2,1H3,(H,26,27). The molecule has 30 heavy (non-hydrogen) atoms. The van der Waals surface area contributed by atoms with Gasteiger partial charge in [-0.05, 0) is 36.2 Å². The summed E-state index contributed by atoms with van der Waals surface area (Å²) in [5.74, 6) is -0.312. The molecule has 0 bridgehead atoms. The molecule has 0 fully saturated rings. The summed E-state index contributed by atoms with van der Waals surface area (Å²) in [6.07, 6.45) is 1.95. The molecule has 3 aromatic rings. The van der Waals surface area contributed by atoms with Crippen molar-refractivity contribution in [3.63, 3.8) is 0 Å². The summed E-state index contributed by atoms with van der Waals surface area (Å²) in [6, 6.07) is 13.4. The van der Waals surface area contributed by atoms with Crippen LogP contribution in [0, 0.1) is 0 Å². The molecule has 0 aliphatic carbocycles. The largest absolute Gasteiger partial charge is 0.465 e. The van der Waals surface area contributed by atoms with Crippen molar-refractivity contribution < 1.29 is 14.3 Å². The van der Waals surface area contributed by atoms with E-state index >= 15 is 0 Å². The molecule has 0 saturated heterocycles. The number of H-pyrrole nitrogens is 1. The number of rotatable bonds is 9. The number of hydrogen-bond acceptors (Lipinski definition) is 4. The number of halogens is 2. The zero-order valence-electron chi connectivity index (χ0n) is 16.4. The molecular weight excluding hydrogens is 443 g/mol. The Balaban J connectivity index is 1.76. The van der Waals surface area contributed by atoms with Crippen molar-refractivity contribution >= 4 is 57.7 Å². The molecule has 1 atom stereocenters. The molecule has 0 aliphatic rings. The maximum absolute atomic E-state index is 12.3. The van der Waals surface area contributed by atoms with Gasteiger partial charge in [0.05, 0.1) is 18.1 Å². The number of ether oxygens (including phenoxy) is 1. The van der Waals surface area contributed by atoms with Crippen LogP contribution in [-0.4, -0.2) is 41.5 Å². The van der Waals surface area contributed by atoms with Crippen LogP contribution in [0.15, 0.2) is 48.7 Å². The molecular formula is C22H22Cl2N2O3S. The van der Waals surface area contributed by atoms with Crippen LogP contribution < -0.4 is 5.32 Å². The van der Waals surface area contributed by atoms with Crippen LogP contribution in [0.25, 0.3) is 10.9 Å². The number of para-hydroxylation sites is 1. The lowest BCUT2D eigenvalue weighted by atomic mass is 9.90. The molecule has 1 amide bonds. The molecule has 158 valence electrons. The number of nitrogens with one attached hydrogen (secondary N) is 2. The molecule has 0 spiro atoms. The summed E-state index contributed by atoms with van der Waals surface area (Å²) in [4.78, 5) is 27.0. The van der Waals surface area contributed by atoms with E-state index in [1.54, 1.807) is 19.1 Å². The molecule has 2 aromatic carbocycles. The van der Waals surface area contributed by atoms with Gasteiger partial charge in [-0.1, -0.05) is 47.5 Å². The first-order valence-electron chi connectivity index (χ1n) is 9.50. The van der Waals surface area contributed by atoms with Crippen LogP contribution in [0.3, 0.4) is 0 Å². The molecule has 2 N–H and O–H groups in total. The molecule has 1 unspecified atom stereocenters. The van der Waals surface area contributed by atoms with Gasteiger partial charge in [0.15, 0.2) is 0 Å². The van der Waals surface area contributed by atoms with E-state index in [0.29, 0.717) is 23.2 Å². The van der Waals surface area contributed by atoms with Gasteiger partial charge in [-0.2, -0.15) is 0 Å². The topological polar surface area (TPSA) is 71.2 Å². The van der Waals surface area contributed by atoms with E-state index in [0.717, 1.165) is 22.0 Å². The van der Waals surface area contributed by atoms with Crippen LogP contribution in [-0.2, 0) is 14.3 Å². The summed E-state index contributed by atoms with van der Waals surface area (Å²) >= 11 is 13.8. The van der Waals surface area contributed by atoms with E-state index in [9.17, 15) is 9.59 Å².